The van der Waals surface area contributed by atoms with Gasteiger partial charge in [-0.1, -0.05) is 0 Å². The van der Waals surface area contributed by atoms with E-state index in [2.05, 4.69) is 4.74 Å². The summed E-state index contributed by atoms with van der Waals surface area (Å²) in [4.78, 5) is 24.0. The third-order valence-electron chi connectivity index (χ3n) is 2.55. The van der Waals surface area contributed by atoms with Crippen LogP contribution in [-0.4, -0.2) is 42.6 Å². The molecule has 13 heteroatoms. The zero-order valence-corrected chi connectivity index (χ0v) is 19.2. The van der Waals surface area contributed by atoms with Gasteiger partial charge in [-0.25, -0.2) is 9.59 Å². The van der Waals surface area contributed by atoms with Crippen molar-refractivity contribution >= 4 is 67.4 Å². The van der Waals surface area contributed by atoms with Crippen molar-refractivity contribution in [2.24, 2.45) is 0 Å². The van der Waals surface area contributed by atoms with Crippen LogP contribution in [-0.2, 0) is 19.6 Å². The van der Waals surface area contributed by atoms with Crippen molar-refractivity contribution in [3.05, 3.63) is 24.8 Å². The van der Waals surface area contributed by atoms with Crippen molar-refractivity contribution in [3.8, 4) is 5.75 Å². The molecule has 0 aliphatic carbocycles. The van der Waals surface area contributed by atoms with Gasteiger partial charge in [0, 0.05) is 3.57 Å². The van der Waals surface area contributed by atoms with Crippen LogP contribution in [0.3, 0.4) is 0 Å². The number of carbonyl (C=O) groups is 2. The van der Waals surface area contributed by atoms with E-state index in [1.165, 1.54) is 12.1 Å². The van der Waals surface area contributed by atoms with Gasteiger partial charge < -0.3 is 14.2 Å². The summed E-state index contributed by atoms with van der Waals surface area (Å²) >= 11 is 3.57. The van der Waals surface area contributed by atoms with Crippen molar-refractivity contribution in [2.45, 2.75) is 31.6 Å². The molecular weight excluding hydrogens is 620 g/mol. The number of hydrogen-bond donors (Lipinski definition) is 1. The molecule has 0 heterocycles. The van der Waals surface area contributed by atoms with Crippen molar-refractivity contribution in [1.82, 2.24) is 0 Å². The number of carbonyl (C=O) groups excluding carboxylic acids is 2. The fraction of sp³-hybridized carbons (Fsp3) is 0.429. The molecule has 0 aromatic heterocycles. The predicted molar refractivity (Wildman–Crippen MR) is 106 cm³/mol. The molecule has 8 nitrogen and oxygen atoms in total. The molecule has 1 aromatic carbocycles. The van der Waals surface area contributed by atoms with E-state index < -0.39 is 45.3 Å². The Balaban J connectivity index is 3.12. The maximum Gasteiger partial charge on any atom is 0.514 e. The largest absolute Gasteiger partial charge is 0.514 e. The molecule has 0 atom stereocenters. The number of benzene rings is 1. The van der Waals surface area contributed by atoms with Crippen LogP contribution in [0.2, 0.25) is 0 Å². The molecule has 1 rings (SSSR count). The average Bonchev–Trinajstić information content (AvgIpc) is 2.44. The smallest absolute Gasteiger partial charge is 0.454 e. The van der Waals surface area contributed by atoms with Gasteiger partial charge in [-0.15, -0.1) is 0 Å². The van der Waals surface area contributed by atoms with Crippen molar-refractivity contribution in [3.63, 3.8) is 0 Å². The Hall–Kier alpha value is -0.810. The van der Waals surface area contributed by atoms with Crippen molar-refractivity contribution in [1.29, 1.82) is 0 Å². The fourth-order valence-electron chi connectivity index (χ4n) is 1.47. The van der Waals surface area contributed by atoms with Gasteiger partial charge in [0.05, 0.1) is 3.57 Å². The SMILES string of the molecule is CC(C)(C)OC(=O)Oc1c(I)cc(I)cc1C(=O)OCC(F)(F)S(=O)(=O)O. The molecule has 1 N–H and O–H groups in total. The lowest BCUT2D eigenvalue weighted by molar-refractivity contribution is -0.00990. The second-order valence-corrected chi connectivity index (χ2v) is 9.97. The van der Waals surface area contributed by atoms with Gasteiger partial charge in [-0.2, -0.15) is 17.2 Å². The number of halogens is 4. The molecule has 0 bridgehead atoms. The van der Waals surface area contributed by atoms with E-state index in [1.807, 2.05) is 22.6 Å². The highest BCUT2D eigenvalue weighted by Crippen LogP contribution is 2.31. The highest BCUT2D eigenvalue weighted by atomic mass is 127. The second-order valence-electron chi connectivity index (χ2n) is 6.02. The molecule has 27 heavy (non-hydrogen) atoms. The molecule has 0 radical (unpaired) electrons. The molecule has 0 saturated heterocycles. The maximum absolute atomic E-state index is 13.2. The van der Waals surface area contributed by atoms with Gasteiger partial charge in [0.25, 0.3) is 0 Å². The monoisotopic (exact) mass is 634 g/mol. The Bertz CT molecular complexity index is 849. The Morgan fingerprint density at radius 1 is 1.19 bits per heavy atom. The Labute approximate surface area is 180 Å². The Morgan fingerprint density at radius 3 is 2.22 bits per heavy atom. The molecule has 0 aliphatic heterocycles. The third-order valence-corrected chi connectivity index (χ3v) is 4.85. The molecule has 0 saturated carbocycles. The summed E-state index contributed by atoms with van der Waals surface area (Å²) < 4.78 is 71.1. The highest BCUT2D eigenvalue weighted by Gasteiger charge is 2.45. The standard InChI is InChI=1S/C14H14F2I2O8S/c1-13(2,3)26-12(20)25-10-8(4-7(17)5-9(10)18)11(19)24-6-14(15,16)27(21,22)23/h4-5H,6H2,1-3H3,(H,21,22,23). The second kappa shape index (κ2) is 8.69. The molecule has 0 fully saturated rings. The highest BCUT2D eigenvalue weighted by molar-refractivity contribution is 14.1. The van der Waals surface area contributed by atoms with E-state index in [0.29, 0.717) is 3.57 Å². The van der Waals surface area contributed by atoms with Crippen LogP contribution in [0.25, 0.3) is 0 Å². The first-order chi connectivity index (χ1) is 12.0. The van der Waals surface area contributed by atoms with Gasteiger partial charge in [0.15, 0.2) is 12.4 Å². The third kappa shape index (κ3) is 7.26. The van der Waals surface area contributed by atoms with Gasteiger partial charge in [-0.3, -0.25) is 4.55 Å². The van der Waals surface area contributed by atoms with E-state index in [0.717, 1.165) is 0 Å². The Kier molecular flexibility index (Phi) is 7.80. The van der Waals surface area contributed by atoms with Gasteiger partial charge in [-0.05, 0) is 78.1 Å². The maximum atomic E-state index is 13.2. The van der Waals surface area contributed by atoms with Gasteiger partial charge >= 0.3 is 27.5 Å². The van der Waals surface area contributed by atoms with Crippen molar-refractivity contribution < 1.29 is 45.6 Å². The number of rotatable bonds is 5. The van der Waals surface area contributed by atoms with Crippen LogP contribution in [0, 0.1) is 7.14 Å². The fourth-order valence-corrected chi connectivity index (χ4v) is 3.63. The molecule has 0 amide bonds. The first-order valence-corrected chi connectivity index (χ1v) is 10.5. The van der Waals surface area contributed by atoms with Crippen LogP contribution < -0.4 is 4.74 Å². The summed E-state index contributed by atoms with van der Waals surface area (Å²) in [7, 11) is -5.76. The normalized spacial score (nSPS) is 12.4. The molecule has 0 unspecified atom stereocenters. The molecule has 0 aliphatic rings. The van der Waals surface area contributed by atoms with Gasteiger partial charge in [0.2, 0.25) is 0 Å². The van der Waals surface area contributed by atoms with E-state index >= 15 is 0 Å². The topological polar surface area (TPSA) is 116 Å². The summed E-state index contributed by atoms with van der Waals surface area (Å²) in [5, 5.41) is -4.69. The summed E-state index contributed by atoms with van der Waals surface area (Å²) in [5.74, 6) is -1.68. The minimum absolute atomic E-state index is 0.277. The van der Waals surface area contributed by atoms with Gasteiger partial charge in [0.1, 0.15) is 11.2 Å². The minimum Gasteiger partial charge on any atom is -0.454 e. The lowest BCUT2D eigenvalue weighted by Gasteiger charge is -2.20. The summed E-state index contributed by atoms with van der Waals surface area (Å²) in [6, 6.07) is 2.72. The number of esters is 1. The summed E-state index contributed by atoms with van der Waals surface area (Å²) in [6.45, 7) is 2.83. The first kappa shape index (κ1) is 24.2. The quantitative estimate of drug-likeness (QED) is 0.225. The molecular formula is C14H14F2I2O8S. The zero-order valence-electron chi connectivity index (χ0n) is 14.1. The van der Waals surface area contributed by atoms with E-state index in [-0.39, 0.29) is 9.32 Å². The molecule has 1 aromatic rings. The average molecular weight is 634 g/mol. The number of alkyl halides is 2. The van der Waals surface area contributed by atoms with E-state index in [9.17, 15) is 26.8 Å². The summed E-state index contributed by atoms with van der Waals surface area (Å²) in [6.07, 6.45) is -1.14. The zero-order chi connectivity index (χ0) is 21.2. The van der Waals surface area contributed by atoms with Crippen molar-refractivity contribution in [2.75, 3.05) is 6.61 Å². The summed E-state index contributed by atoms with van der Waals surface area (Å²) in [5.41, 5.74) is -1.28. The van der Waals surface area contributed by atoms with Crippen LogP contribution >= 0.6 is 45.2 Å². The van der Waals surface area contributed by atoms with Crippen LogP contribution in [0.1, 0.15) is 31.1 Å². The lowest BCUT2D eigenvalue weighted by Crippen LogP contribution is -2.34. The lowest BCUT2D eigenvalue weighted by atomic mass is 10.2. The molecule has 152 valence electrons. The first-order valence-electron chi connectivity index (χ1n) is 6.95. The van der Waals surface area contributed by atoms with E-state index in [1.54, 1.807) is 43.4 Å². The van der Waals surface area contributed by atoms with Crippen LogP contribution in [0.15, 0.2) is 12.1 Å². The number of hydrogen-bond acceptors (Lipinski definition) is 7. The minimum atomic E-state index is -5.76. The Morgan fingerprint density at radius 2 is 1.74 bits per heavy atom. The molecule has 0 spiro atoms. The number of ether oxygens (including phenoxy) is 3. The van der Waals surface area contributed by atoms with Crippen LogP contribution in [0.4, 0.5) is 13.6 Å². The van der Waals surface area contributed by atoms with E-state index in [4.69, 9.17) is 14.0 Å². The predicted octanol–water partition coefficient (Wildman–Crippen LogP) is 3.85. The van der Waals surface area contributed by atoms with Crippen LogP contribution in [0.5, 0.6) is 5.75 Å².